The lowest BCUT2D eigenvalue weighted by Crippen LogP contribution is -2.52. The van der Waals surface area contributed by atoms with E-state index in [9.17, 15) is 29.1 Å². The van der Waals surface area contributed by atoms with E-state index in [4.69, 9.17) is 16.3 Å². The van der Waals surface area contributed by atoms with Crippen molar-refractivity contribution in [3.63, 3.8) is 0 Å². The van der Waals surface area contributed by atoms with E-state index in [-0.39, 0.29) is 84.9 Å². The number of aromatic nitrogens is 1. The molecule has 0 spiro atoms. The predicted molar refractivity (Wildman–Crippen MR) is 403 cm³/mol. The van der Waals surface area contributed by atoms with Gasteiger partial charge >= 0.3 is 0 Å². The van der Waals surface area contributed by atoms with Crippen molar-refractivity contribution in [1.29, 1.82) is 0 Å². The molecule has 1 aliphatic carbocycles. The molecule has 8 atom stereocenters. The summed E-state index contributed by atoms with van der Waals surface area (Å²) < 4.78 is 5.60. The fourth-order valence-corrected chi connectivity index (χ4v) is 18.1. The van der Waals surface area contributed by atoms with Crippen LogP contribution in [0.4, 0.5) is 11.4 Å². The number of anilines is 2. The van der Waals surface area contributed by atoms with E-state index >= 15 is 0 Å². The van der Waals surface area contributed by atoms with Crippen LogP contribution in [0.1, 0.15) is 137 Å². The van der Waals surface area contributed by atoms with Crippen molar-refractivity contribution in [2.45, 2.75) is 154 Å². The number of aliphatic hydroxyl groups excluding tert-OH is 1. The number of rotatable bonds is 27. The molecule has 6 heterocycles. The van der Waals surface area contributed by atoms with Gasteiger partial charge in [0.05, 0.1) is 47.9 Å². The van der Waals surface area contributed by atoms with Crippen LogP contribution < -0.4 is 15.5 Å². The molecule has 5 aliphatic heterocycles. The number of thioether (sulfide) groups is 1. The van der Waals surface area contributed by atoms with Gasteiger partial charge in [0.1, 0.15) is 5.78 Å². The standard InChI is InChI=1S/C81H102ClN9O7S2/c1-54(58-14-16-60(17-15-58)77-56(3)84-53-100-77)40-75(94)74-43-69(93)50-91(74)79(97)72(80(4,5)6)42-68(92)44-76(95)90-49-66-41-67(90)48-89(66)52-81(7)29-27-71(59-18-22-63(82)23-19-59)62(45-81)47-87-31-33-88(34-32-87)65-24-20-61(21-25-65)78(96)83-46-57-13-26-73(55(2)39-57)85-64(28-30-86-35-37-98-38-36-86)51-99-70-11-9-8-10-12-70/h8-26,39,53-54,64,66-67,69,72,74,85,93H,27-38,40-52H2,1-7H3,(H,83,96)/t54-,64-,66+,67+,69-,72-,74+,81?/m1/s1. The molecule has 5 saturated heterocycles. The highest BCUT2D eigenvalue weighted by Gasteiger charge is 2.49. The Labute approximate surface area is 605 Å². The molecule has 6 aliphatic rings. The normalized spacial score (nSPS) is 22.5. The van der Waals surface area contributed by atoms with Crippen LogP contribution in [0.2, 0.25) is 5.02 Å². The number of hydrogen-bond acceptors (Lipinski definition) is 15. The van der Waals surface area contributed by atoms with Crippen LogP contribution >= 0.6 is 34.7 Å². The molecule has 12 rings (SSSR count). The maximum Gasteiger partial charge on any atom is 0.251 e. The molecule has 16 nitrogen and oxygen atoms in total. The first-order chi connectivity index (χ1) is 48.1. The van der Waals surface area contributed by atoms with Crippen LogP contribution in [0.15, 0.2) is 137 Å². The Bertz CT molecular complexity index is 3850. The largest absolute Gasteiger partial charge is 0.391 e. The second kappa shape index (κ2) is 32.7. The van der Waals surface area contributed by atoms with Crippen molar-refractivity contribution in [1.82, 2.24) is 34.8 Å². The van der Waals surface area contributed by atoms with Gasteiger partial charge in [-0.05, 0) is 151 Å². The first-order valence-corrected chi connectivity index (χ1v) is 38.6. The molecular formula is C81H102ClN9O7S2. The van der Waals surface area contributed by atoms with Gasteiger partial charge in [0.25, 0.3) is 5.91 Å². The summed E-state index contributed by atoms with van der Waals surface area (Å²) >= 11 is 9.94. The number of benzene rings is 5. The number of ether oxygens (including phenoxy) is 1. The molecule has 5 fully saturated rings. The molecule has 3 N–H and O–H groups in total. The third-order valence-corrected chi connectivity index (χ3v) is 24.4. The third-order valence-electron chi connectivity index (χ3n) is 22.0. The van der Waals surface area contributed by atoms with Gasteiger partial charge in [0.15, 0.2) is 5.78 Å². The lowest BCUT2D eigenvalue weighted by Gasteiger charge is -2.44. The summed E-state index contributed by atoms with van der Waals surface area (Å²) in [5.41, 5.74) is 13.5. The van der Waals surface area contributed by atoms with Crippen LogP contribution in [0.5, 0.6) is 0 Å². The van der Waals surface area contributed by atoms with Crippen molar-refractivity contribution in [3.05, 3.63) is 171 Å². The fourth-order valence-electron chi connectivity index (χ4n) is 16.2. The number of carbonyl (C=O) groups excluding carboxylic acids is 5. The number of aliphatic hydroxyl groups is 1. The van der Waals surface area contributed by atoms with Gasteiger partial charge in [0.2, 0.25) is 11.8 Å². The molecule has 3 amide bonds. The van der Waals surface area contributed by atoms with Gasteiger partial charge in [0, 0.05) is 161 Å². The average Bonchev–Trinajstić information content (AvgIpc) is 1.62. The summed E-state index contributed by atoms with van der Waals surface area (Å²) in [6.07, 6.45) is 4.03. The predicted octanol–water partition coefficient (Wildman–Crippen LogP) is 13.1. The van der Waals surface area contributed by atoms with Crippen LogP contribution in [0, 0.1) is 30.6 Å². The molecule has 532 valence electrons. The van der Waals surface area contributed by atoms with E-state index < -0.39 is 23.5 Å². The fraction of sp³-hybridized carbons (Fsp3) is 0.506. The summed E-state index contributed by atoms with van der Waals surface area (Å²) in [6.45, 7) is 26.2. The smallest absolute Gasteiger partial charge is 0.251 e. The number of amides is 3. The van der Waals surface area contributed by atoms with Gasteiger partial charge < -0.3 is 35.2 Å². The maximum absolute atomic E-state index is 14.6. The van der Waals surface area contributed by atoms with Crippen LogP contribution in [0.25, 0.3) is 16.0 Å². The molecule has 100 heavy (non-hydrogen) atoms. The van der Waals surface area contributed by atoms with Gasteiger partial charge in [-0.3, -0.25) is 38.7 Å². The van der Waals surface area contributed by atoms with E-state index in [2.05, 4.69) is 134 Å². The van der Waals surface area contributed by atoms with E-state index in [1.54, 1.807) is 11.3 Å². The van der Waals surface area contributed by atoms with Crippen molar-refractivity contribution >= 4 is 80.9 Å². The Morgan fingerprint density at radius 3 is 2.22 bits per heavy atom. The molecule has 0 saturated carbocycles. The molecule has 5 aromatic carbocycles. The second-order valence-electron chi connectivity index (χ2n) is 30.6. The molecule has 0 radical (unpaired) electrons. The van der Waals surface area contributed by atoms with Crippen molar-refractivity contribution in [3.8, 4) is 10.4 Å². The minimum absolute atomic E-state index is 0.0168. The van der Waals surface area contributed by atoms with Crippen LogP contribution in [-0.4, -0.2) is 192 Å². The quantitative estimate of drug-likeness (QED) is 0.0329. The van der Waals surface area contributed by atoms with E-state index in [0.717, 1.165) is 166 Å². The molecule has 1 aromatic heterocycles. The topological polar surface area (TPSA) is 171 Å². The monoisotopic (exact) mass is 1410 g/mol. The zero-order valence-corrected chi connectivity index (χ0v) is 62.0. The minimum atomic E-state index is -0.846. The number of ketones is 2. The van der Waals surface area contributed by atoms with Crippen molar-refractivity contribution < 1.29 is 33.8 Å². The summed E-state index contributed by atoms with van der Waals surface area (Å²) in [7, 11) is 0. The Kier molecular flexibility index (Phi) is 23.9. The lowest BCUT2D eigenvalue weighted by molar-refractivity contribution is -0.147. The number of aryl methyl sites for hydroxylation is 2. The Hall–Kier alpha value is -6.74. The minimum Gasteiger partial charge on any atom is -0.391 e. The first-order valence-electron chi connectivity index (χ1n) is 36.3. The summed E-state index contributed by atoms with van der Waals surface area (Å²) in [5, 5.41) is 18.7. The number of hydrogen-bond donors (Lipinski definition) is 3. The van der Waals surface area contributed by atoms with Crippen molar-refractivity contribution in [2.24, 2.45) is 16.7 Å². The van der Waals surface area contributed by atoms with Crippen molar-refractivity contribution in [2.75, 3.05) is 108 Å². The zero-order chi connectivity index (χ0) is 70.2. The number of halogens is 1. The van der Waals surface area contributed by atoms with E-state index in [1.165, 1.54) is 26.5 Å². The van der Waals surface area contributed by atoms with Gasteiger partial charge in [-0.2, -0.15) is 0 Å². The number of allylic oxidation sites excluding steroid dienone is 1. The maximum atomic E-state index is 14.6. The number of fused-ring (bicyclic) bond motifs is 2. The van der Waals surface area contributed by atoms with Crippen LogP contribution in [0.3, 0.4) is 0 Å². The summed E-state index contributed by atoms with van der Waals surface area (Å²) in [5.74, 6) is -0.893. The number of likely N-dealkylation sites (tertiary alicyclic amines) is 3. The van der Waals surface area contributed by atoms with Gasteiger partial charge in [-0.1, -0.05) is 119 Å². The lowest BCUT2D eigenvalue weighted by atomic mass is 9.71. The number of carbonyl (C=O) groups is 5. The third kappa shape index (κ3) is 18.4. The Morgan fingerprint density at radius 2 is 1.54 bits per heavy atom. The molecular weight excluding hydrogens is 1310 g/mol. The number of morpholine rings is 1. The van der Waals surface area contributed by atoms with Crippen LogP contribution in [-0.2, 0) is 30.5 Å². The SMILES string of the molecule is Cc1cc(CNC(=O)c2ccc(N3CCN(CC4=C(c5ccc(Cl)cc5)CCC(C)(CN5C[C@@H]6C[C@H]5CN6C(=O)CC(=O)C[C@H](C(=O)N5C[C@H](O)C[C@H]5C(=O)C[C@@H](C)c5ccc(-c6scnc6C)cc5)C(C)(C)C)C4)CC3)cc2)ccc1N[C@H](CCN1CCOCC1)CSc1ccccc1. The number of piperazine rings is 2. The van der Waals surface area contributed by atoms with Gasteiger partial charge in [-0.15, -0.1) is 23.1 Å². The summed E-state index contributed by atoms with van der Waals surface area (Å²) in [6, 6.07) is 41.4. The Balaban J connectivity index is 0.603. The van der Waals surface area contributed by atoms with E-state index in [1.807, 2.05) is 93.2 Å². The zero-order valence-electron chi connectivity index (χ0n) is 59.6. The number of nitrogens with zero attached hydrogens (tertiary/aromatic N) is 7. The Morgan fingerprint density at radius 1 is 0.810 bits per heavy atom. The number of β-amino-alcohol motifs (C(OH)–C–C–N with tert-alkyl or cyclic N) is 1. The second-order valence-corrected chi connectivity index (χ2v) is 33.0. The average molecular weight is 1410 g/mol. The first kappa shape index (κ1) is 73.0. The molecule has 6 aromatic rings. The number of Topliss-reactive ketones (excluding diaryl/α,β-unsaturated/α-hetero) is 2. The highest BCUT2D eigenvalue weighted by Crippen LogP contribution is 2.46. The highest BCUT2D eigenvalue weighted by molar-refractivity contribution is 7.99. The number of nitrogens with one attached hydrogen (secondary N) is 2. The van der Waals surface area contributed by atoms with Gasteiger partial charge in [-0.25, -0.2) is 4.98 Å². The summed E-state index contributed by atoms with van der Waals surface area (Å²) in [4.78, 5) is 90.8. The molecule has 1 unspecified atom stereocenters. The van der Waals surface area contributed by atoms with E-state index in [0.29, 0.717) is 24.7 Å². The number of thiazole rings is 1. The molecule has 2 bridgehead atoms. The highest BCUT2D eigenvalue weighted by atomic mass is 35.5. The molecule has 19 heteroatoms.